The van der Waals surface area contributed by atoms with Gasteiger partial charge in [-0.05, 0) is 72.9 Å². The Kier molecular flexibility index (Phi) is 6.48. The van der Waals surface area contributed by atoms with Crippen molar-refractivity contribution < 1.29 is 4.74 Å². The fourth-order valence-electron chi connectivity index (χ4n) is 3.91. The fourth-order valence-corrected chi connectivity index (χ4v) is 4.12. The molecule has 1 aliphatic rings. The molecule has 1 heterocycles. The van der Waals surface area contributed by atoms with Crippen LogP contribution in [0.4, 0.5) is 0 Å². The number of hydrogen-bond acceptors (Lipinski definition) is 3. The largest absolute Gasteiger partial charge is 0.489 e. The summed E-state index contributed by atoms with van der Waals surface area (Å²) in [7, 11) is 0. The maximum atomic E-state index is 6.22. The lowest BCUT2D eigenvalue weighted by atomic mass is 9.98. The van der Waals surface area contributed by atoms with Gasteiger partial charge in [0, 0.05) is 17.1 Å². The van der Waals surface area contributed by atoms with Crippen LogP contribution in [-0.2, 0) is 13.2 Å². The summed E-state index contributed by atoms with van der Waals surface area (Å²) >= 11 is 6.11. The third kappa shape index (κ3) is 4.85. The lowest BCUT2D eigenvalue weighted by Crippen LogP contribution is -2.33. The molecule has 3 aromatic rings. The van der Waals surface area contributed by atoms with Crippen LogP contribution in [0.1, 0.15) is 24.0 Å². The van der Waals surface area contributed by atoms with Gasteiger partial charge in [0.2, 0.25) is 0 Å². The standard InChI is InChI=1S/C24H27ClN2O/c25-21-6-3-4-19(14-21)17-28-24-9-8-20-5-1-2-7-22(20)23(24)16-27-15-18-10-12-26-13-11-18/h1-9,14,18,26-27H,10-13,15-17H2. The zero-order valence-corrected chi connectivity index (χ0v) is 16.8. The molecule has 0 unspecified atom stereocenters. The molecule has 0 saturated carbocycles. The molecule has 0 spiro atoms. The van der Waals surface area contributed by atoms with Gasteiger partial charge in [0.15, 0.2) is 0 Å². The number of piperidine rings is 1. The molecule has 4 heteroatoms. The average Bonchev–Trinajstić information content (AvgIpc) is 2.74. The molecule has 0 aliphatic carbocycles. The summed E-state index contributed by atoms with van der Waals surface area (Å²) in [6.07, 6.45) is 2.50. The number of fused-ring (bicyclic) bond motifs is 1. The van der Waals surface area contributed by atoms with Gasteiger partial charge in [0.25, 0.3) is 0 Å². The summed E-state index contributed by atoms with van der Waals surface area (Å²) in [5.41, 5.74) is 2.31. The Labute approximate surface area is 172 Å². The van der Waals surface area contributed by atoms with Crippen molar-refractivity contribution in [3.05, 3.63) is 76.8 Å². The van der Waals surface area contributed by atoms with E-state index in [9.17, 15) is 0 Å². The van der Waals surface area contributed by atoms with Gasteiger partial charge in [-0.1, -0.05) is 54.1 Å². The van der Waals surface area contributed by atoms with E-state index < -0.39 is 0 Å². The Morgan fingerprint density at radius 1 is 1.00 bits per heavy atom. The fraction of sp³-hybridized carbons (Fsp3) is 0.333. The third-order valence-electron chi connectivity index (χ3n) is 5.47. The van der Waals surface area contributed by atoms with Gasteiger partial charge in [-0.3, -0.25) is 0 Å². The first-order valence-electron chi connectivity index (χ1n) is 10.1. The maximum absolute atomic E-state index is 6.22. The molecule has 1 fully saturated rings. The van der Waals surface area contributed by atoms with E-state index in [1.54, 1.807) is 0 Å². The maximum Gasteiger partial charge on any atom is 0.124 e. The van der Waals surface area contributed by atoms with Gasteiger partial charge < -0.3 is 15.4 Å². The zero-order valence-electron chi connectivity index (χ0n) is 16.1. The monoisotopic (exact) mass is 394 g/mol. The number of halogens is 1. The van der Waals surface area contributed by atoms with Crippen LogP contribution in [0, 0.1) is 5.92 Å². The molecular weight excluding hydrogens is 368 g/mol. The van der Waals surface area contributed by atoms with Crippen LogP contribution in [0.5, 0.6) is 5.75 Å². The van der Waals surface area contributed by atoms with Crippen molar-refractivity contribution in [3.8, 4) is 5.75 Å². The Morgan fingerprint density at radius 2 is 1.86 bits per heavy atom. The zero-order chi connectivity index (χ0) is 19.2. The van der Waals surface area contributed by atoms with Gasteiger partial charge in [-0.25, -0.2) is 0 Å². The van der Waals surface area contributed by atoms with E-state index >= 15 is 0 Å². The first-order valence-corrected chi connectivity index (χ1v) is 10.5. The van der Waals surface area contributed by atoms with E-state index in [2.05, 4.69) is 47.0 Å². The van der Waals surface area contributed by atoms with Crippen molar-refractivity contribution in [2.75, 3.05) is 19.6 Å². The smallest absolute Gasteiger partial charge is 0.124 e. The summed E-state index contributed by atoms with van der Waals surface area (Å²) in [5.74, 6) is 1.70. The van der Waals surface area contributed by atoms with E-state index in [0.29, 0.717) is 6.61 Å². The SMILES string of the molecule is Clc1cccc(COc2ccc3ccccc3c2CNCC2CCNCC2)c1. The van der Waals surface area contributed by atoms with Crippen LogP contribution in [0.25, 0.3) is 10.8 Å². The van der Waals surface area contributed by atoms with Gasteiger partial charge in [-0.2, -0.15) is 0 Å². The van der Waals surface area contributed by atoms with Crippen LogP contribution in [0.3, 0.4) is 0 Å². The second-order valence-electron chi connectivity index (χ2n) is 7.51. The molecule has 1 aliphatic heterocycles. The second kappa shape index (κ2) is 9.42. The van der Waals surface area contributed by atoms with Gasteiger partial charge in [0.05, 0.1) is 0 Å². The van der Waals surface area contributed by atoms with E-state index in [-0.39, 0.29) is 0 Å². The highest BCUT2D eigenvalue weighted by molar-refractivity contribution is 6.30. The van der Waals surface area contributed by atoms with Crippen molar-refractivity contribution in [3.63, 3.8) is 0 Å². The highest BCUT2D eigenvalue weighted by atomic mass is 35.5. The second-order valence-corrected chi connectivity index (χ2v) is 7.94. The first kappa shape index (κ1) is 19.3. The molecule has 3 nitrogen and oxygen atoms in total. The Morgan fingerprint density at radius 3 is 2.71 bits per heavy atom. The van der Waals surface area contributed by atoms with Crippen molar-refractivity contribution in [1.82, 2.24) is 10.6 Å². The van der Waals surface area contributed by atoms with E-state index in [0.717, 1.165) is 48.4 Å². The third-order valence-corrected chi connectivity index (χ3v) is 5.71. The molecule has 146 valence electrons. The topological polar surface area (TPSA) is 33.3 Å². The van der Waals surface area contributed by atoms with Crippen LogP contribution >= 0.6 is 11.6 Å². The van der Waals surface area contributed by atoms with Crippen molar-refractivity contribution >= 4 is 22.4 Å². The minimum Gasteiger partial charge on any atom is -0.489 e. The lowest BCUT2D eigenvalue weighted by Gasteiger charge is -2.23. The predicted octanol–water partition coefficient (Wildman–Crippen LogP) is 5.16. The molecule has 1 saturated heterocycles. The van der Waals surface area contributed by atoms with Crippen LogP contribution in [0.15, 0.2) is 60.7 Å². The highest BCUT2D eigenvalue weighted by Crippen LogP contribution is 2.29. The first-order chi connectivity index (χ1) is 13.8. The normalized spacial score (nSPS) is 15.0. The van der Waals surface area contributed by atoms with Gasteiger partial charge in [-0.15, -0.1) is 0 Å². The number of ether oxygens (including phenoxy) is 1. The predicted molar refractivity (Wildman–Crippen MR) is 117 cm³/mol. The molecule has 0 bridgehead atoms. The van der Waals surface area contributed by atoms with Gasteiger partial charge in [0.1, 0.15) is 12.4 Å². The summed E-state index contributed by atoms with van der Waals surface area (Å²) < 4.78 is 6.22. The highest BCUT2D eigenvalue weighted by Gasteiger charge is 2.14. The summed E-state index contributed by atoms with van der Waals surface area (Å²) in [5, 5.41) is 10.4. The number of hydrogen-bond donors (Lipinski definition) is 2. The van der Waals surface area contributed by atoms with Crippen LogP contribution in [-0.4, -0.2) is 19.6 Å². The molecule has 0 amide bonds. The van der Waals surface area contributed by atoms with E-state index in [1.165, 1.54) is 29.2 Å². The van der Waals surface area contributed by atoms with E-state index in [4.69, 9.17) is 16.3 Å². The van der Waals surface area contributed by atoms with E-state index in [1.807, 2.05) is 24.3 Å². The summed E-state index contributed by atoms with van der Waals surface area (Å²) in [6.45, 7) is 4.65. The summed E-state index contributed by atoms with van der Waals surface area (Å²) in [4.78, 5) is 0. The minimum absolute atomic E-state index is 0.514. The minimum atomic E-state index is 0.514. The Hall–Kier alpha value is -2.07. The van der Waals surface area contributed by atoms with Crippen LogP contribution in [0.2, 0.25) is 5.02 Å². The van der Waals surface area contributed by atoms with Crippen molar-refractivity contribution in [2.24, 2.45) is 5.92 Å². The molecule has 0 aromatic heterocycles. The molecule has 3 aromatic carbocycles. The molecule has 2 N–H and O–H groups in total. The molecule has 28 heavy (non-hydrogen) atoms. The quantitative estimate of drug-likeness (QED) is 0.580. The van der Waals surface area contributed by atoms with Crippen molar-refractivity contribution in [1.29, 1.82) is 0 Å². The lowest BCUT2D eigenvalue weighted by molar-refractivity contribution is 0.301. The van der Waals surface area contributed by atoms with Crippen LogP contribution < -0.4 is 15.4 Å². The summed E-state index contributed by atoms with van der Waals surface area (Å²) in [6, 6.07) is 20.6. The average molecular weight is 395 g/mol. The molecule has 0 atom stereocenters. The number of nitrogens with one attached hydrogen (secondary N) is 2. The van der Waals surface area contributed by atoms with Crippen molar-refractivity contribution in [2.45, 2.75) is 26.0 Å². The number of benzene rings is 3. The Bertz CT molecular complexity index is 921. The number of rotatable bonds is 7. The molecule has 0 radical (unpaired) electrons. The Balaban J connectivity index is 1.50. The molecular formula is C24H27ClN2O. The molecule has 4 rings (SSSR count). The van der Waals surface area contributed by atoms with Gasteiger partial charge >= 0.3 is 0 Å².